The van der Waals surface area contributed by atoms with Crippen molar-refractivity contribution in [2.24, 2.45) is 0 Å². The van der Waals surface area contributed by atoms with Crippen molar-refractivity contribution in [1.29, 1.82) is 0 Å². The number of nitrogens with one attached hydrogen (secondary N) is 1. The molecule has 2 aromatic rings. The molecule has 1 amide bonds. The lowest BCUT2D eigenvalue weighted by Crippen LogP contribution is -2.48. The summed E-state index contributed by atoms with van der Waals surface area (Å²) in [7, 11) is 3.07. The van der Waals surface area contributed by atoms with E-state index in [0.717, 1.165) is 23.4 Å². The molecule has 1 atom stereocenters. The number of aryl methyl sites for hydroxylation is 1. The van der Waals surface area contributed by atoms with E-state index in [1.54, 1.807) is 19.2 Å². The summed E-state index contributed by atoms with van der Waals surface area (Å²) in [5.74, 6) is 0.643. The highest BCUT2D eigenvalue weighted by Gasteiger charge is 2.29. The number of amides is 1. The van der Waals surface area contributed by atoms with Crippen molar-refractivity contribution in [2.75, 3.05) is 33.9 Å². The fourth-order valence-corrected chi connectivity index (χ4v) is 3.48. The van der Waals surface area contributed by atoms with Crippen LogP contribution in [0.1, 0.15) is 23.6 Å². The van der Waals surface area contributed by atoms with Crippen LogP contribution in [-0.4, -0.2) is 44.7 Å². The summed E-state index contributed by atoms with van der Waals surface area (Å²) >= 11 is 0. The molecule has 27 heavy (non-hydrogen) atoms. The third-order valence-electron chi connectivity index (χ3n) is 4.91. The number of nitrogens with zero attached hydrogens (tertiary/aromatic N) is 1. The Hall–Kier alpha value is -2.60. The Bertz CT molecular complexity index is 797. The van der Waals surface area contributed by atoms with Gasteiger partial charge < -0.3 is 19.7 Å². The Labute approximate surface area is 159 Å². The third kappa shape index (κ3) is 4.39. The van der Waals surface area contributed by atoms with Crippen LogP contribution >= 0.6 is 0 Å². The molecule has 144 valence electrons. The molecule has 1 aliphatic rings. The first-order chi connectivity index (χ1) is 13.1. The molecule has 0 spiro atoms. The maximum absolute atomic E-state index is 13.9. The number of carbonyl (C=O) groups excluding carboxylic acids is 1. The SMILES string of the molecule is COc1ccc(CCC(=O)N2CCNCC2c2ccccc2OC)cc1F. The average molecular weight is 372 g/mol. The highest BCUT2D eigenvalue weighted by Crippen LogP contribution is 2.30. The van der Waals surface area contributed by atoms with Gasteiger partial charge in [0.2, 0.25) is 5.91 Å². The van der Waals surface area contributed by atoms with E-state index in [0.29, 0.717) is 25.9 Å². The number of carbonyl (C=O) groups is 1. The van der Waals surface area contributed by atoms with Crippen LogP contribution in [0.15, 0.2) is 42.5 Å². The van der Waals surface area contributed by atoms with Gasteiger partial charge in [0.1, 0.15) is 5.75 Å². The minimum absolute atomic E-state index is 0.0589. The molecule has 0 bridgehead atoms. The second kappa shape index (κ2) is 8.86. The zero-order valence-electron chi connectivity index (χ0n) is 15.7. The van der Waals surface area contributed by atoms with Crippen LogP contribution in [0, 0.1) is 5.82 Å². The number of hydrogen-bond donors (Lipinski definition) is 1. The van der Waals surface area contributed by atoms with Gasteiger partial charge in [-0.3, -0.25) is 4.79 Å². The second-order valence-corrected chi connectivity index (χ2v) is 6.52. The molecule has 1 unspecified atom stereocenters. The van der Waals surface area contributed by atoms with E-state index in [2.05, 4.69) is 5.32 Å². The fourth-order valence-electron chi connectivity index (χ4n) is 3.48. The van der Waals surface area contributed by atoms with Gasteiger partial charge >= 0.3 is 0 Å². The van der Waals surface area contributed by atoms with Gasteiger partial charge in [-0.15, -0.1) is 0 Å². The zero-order chi connectivity index (χ0) is 19.2. The number of methoxy groups -OCH3 is 2. The predicted octanol–water partition coefficient (Wildman–Crippen LogP) is 2.95. The average Bonchev–Trinajstić information content (AvgIpc) is 2.72. The number of piperazine rings is 1. The van der Waals surface area contributed by atoms with Crippen LogP contribution in [0.5, 0.6) is 11.5 Å². The van der Waals surface area contributed by atoms with Crippen molar-refractivity contribution < 1.29 is 18.7 Å². The maximum atomic E-state index is 13.9. The van der Waals surface area contributed by atoms with E-state index in [9.17, 15) is 9.18 Å². The summed E-state index contributed by atoms with van der Waals surface area (Å²) in [5.41, 5.74) is 1.78. The van der Waals surface area contributed by atoms with E-state index in [1.165, 1.54) is 13.2 Å². The molecule has 6 heteroatoms. The molecule has 0 saturated carbocycles. The van der Waals surface area contributed by atoms with Gasteiger partial charge in [-0.2, -0.15) is 0 Å². The van der Waals surface area contributed by atoms with Crippen molar-refractivity contribution in [3.05, 3.63) is 59.4 Å². The lowest BCUT2D eigenvalue weighted by atomic mass is 10.0. The monoisotopic (exact) mass is 372 g/mol. The molecule has 0 aliphatic carbocycles. The number of rotatable bonds is 6. The van der Waals surface area contributed by atoms with Crippen LogP contribution in [-0.2, 0) is 11.2 Å². The third-order valence-corrected chi connectivity index (χ3v) is 4.91. The van der Waals surface area contributed by atoms with Gasteiger partial charge in [0.15, 0.2) is 11.6 Å². The van der Waals surface area contributed by atoms with Gasteiger partial charge in [0, 0.05) is 31.6 Å². The van der Waals surface area contributed by atoms with E-state index >= 15 is 0 Å². The lowest BCUT2D eigenvalue weighted by Gasteiger charge is -2.37. The molecule has 2 aromatic carbocycles. The summed E-state index contributed by atoms with van der Waals surface area (Å²) in [6, 6.07) is 12.5. The molecule has 1 aliphatic heterocycles. The fraction of sp³-hybridized carbons (Fsp3) is 0.381. The quantitative estimate of drug-likeness (QED) is 0.847. The normalized spacial score (nSPS) is 16.9. The largest absolute Gasteiger partial charge is 0.496 e. The number of para-hydroxylation sites is 1. The topological polar surface area (TPSA) is 50.8 Å². The Morgan fingerprint density at radius 3 is 2.70 bits per heavy atom. The van der Waals surface area contributed by atoms with Crippen molar-refractivity contribution in [1.82, 2.24) is 10.2 Å². The summed E-state index contributed by atoms with van der Waals surface area (Å²) < 4.78 is 24.3. The molecular weight excluding hydrogens is 347 g/mol. The smallest absolute Gasteiger partial charge is 0.223 e. The van der Waals surface area contributed by atoms with Crippen molar-refractivity contribution >= 4 is 5.91 Å². The number of halogens is 1. The minimum atomic E-state index is -0.406. The Morgan fingerprint density at radius 1 is 1.19 bits per heavy atom. The first-order valence-electron chi connectivity index (χ1n) is 9.09. The maximum Gasteiger partial charge on any atom is 0.223 e. The van der Waals surface area contributed by atoms with Crippen LogP contribution in [0.25, 0.3) is 0 Å². The number of hydrogen-bond acceptors (Lipinski definition) is 4. The van der Waals surface area contributed by atoms with E-state index < -0.39 is 5.82 Å². The minimum Gasteiger partial charge on any atom is -0.496 e. The molecule has 3 rings (SSSR count). The first kappa shape index (κ1) is 19.2. The second-order valence-electron chi connectivity index (χ2n) is 6.52. The van der Waals surface area contributed by atoms with E-state index in [-0.39, 0.29) is 17.7 Å². The van der Waals surface area contributed by atoms with Crippen LogP contribution in [0.3, 0.4) is 0 Å². The number of ether oxygens (including phenoxy) is 2. The van der Waals surface area contributed by atoms with Gasteiger partial charge in [0.05, 0.1) is 20.3 Å². The highest BCUT2D eigenvalue weighted by atomic mass is 19.1. The molecule has 0 aromatic heterocycles. The van der Waals surface area contributed by atoms with Crippen molar-refractivity contribution in [3.63, 3.8) is 0 Å². The van der Waals surface area contributed by atoms with Crippen LogP contribution in [0.2, 0.25) is 0 Å². The summed E-state index contributed by atoms with van der Waals surface area (Å²) in [5, 5.41) is 3.35. The Balaban J connectivity index is 1.71. The highest BCUT2D eigenvalue weighted by molar-refractivity contribution is 5.77. The van der Waals surface area contributed by atoms with Crippen molar-refractivity contribution in [2.45, 2.75) is 18.9 Å². The van der Waals surface area contributed by atoms with Gasteiger partial charge in [-0.05, 0) is 30.2 Å². The molecule has 1 fully saturated rings. The van der Waals surface area contributed by atoms with E-state index in [1.807, 2.05) is 29.2 Å². The molecular formula is C21H25FN2O3. The van der Waals surface area contributed by atoms with Gasteiger partial charge in [-0.1, -0.05) is 24.3 Å². The summed E-state index contributed by atoms with van der Waals surface area (Å²) in [4.78, 5) is 14.8. The van der Waals surface area contributed by atoms with Crippen LogP contribution in [0.4, 0.5) is 4.39 Å². The van der Waals surface area contributed by atoms with Crippen LogP contribution < -0.4 is 14.8 Å². The molecule has 5 nitrogen and oxygen atoms in total. The molecule has 1 saturated heterocycles. The van der Waals surface area contributed by atoms with Crippen molar-refractivity contribution in [3.8, 4) is 11.5 Å². The van der Waals surface area contributed by atoms with Gasteiger partial charge in [0.25, 0.3) is 0 Å². The zero-order valence-corrected chi connectivity index (χ0v) is 15.7. The summed E-state index contributed by atoms with van der Waals surface area (Å²) in [6.07, 6.45) is 0.819. The van der Waals surface area contributed by atoms with Gasteiger partial charge in [-0.25, -0.2) is 4.39 Å². The molecule has 0 radical (unpaired) electrons. The number of benzene rings is 2. The molecule has 1 N–H and O–H groups in total. The Kier molecular flexibility index (Phi) is 6.29. The standard InChI is InChI=1S/C21H25FN2O3/c1-26-19-6-4-3-5-16(19)18-14-23-11-12-24(18)21(25)10-8-15-7-9-20(27-2)17(22)13-15/h3-7,9,13,18,23H,8,10-12,14H2,1-2H3. The first-order valence-corrected chi connectivity index (χ1v) is 9.09. The predicted molar refractivity (Wildman–Crippen MR) is 102 cm³/mol. The van der Waals surface area contributed by atoms with E-state index in [4.69, 9.17) is 9.47 Å². The Morgan fingerprint density at radius 2 is 1.96 bits per heavy atom. The summed E-state index contributed by atoms with van der Waals surface area (Å²) in [6.45, 7) is 2.08. The molecule has 1 heterocycles. The lowest BCUT2D eigenvalue weighted by molar-refractivity contribution is -0.134.